The molecule has 0 aromatic carbocycles. The Morgan fingerprint density at radius 3 is 1.50 bits per heavy atom. The minimum atomic E-state index is -0.971. The molecule has 0 saturated carbocycles. The molecule has 0 aliphatic carbocycles. The number of nitrogens with one attached hydrogen (secondary N) is 3. The van der Waals surface area contributed by atoms with E-state index in [9.17, 15) is 19.2 Å². The van der Waals surface area contributed by atoms with E-state index in [-0.39, 0.29) is 18.1 Å². The molecular formula is C18H40N4O4. The van der Waals surface area contributed by atoms with Crippen molar-refractivity contribution in [2.75, 3.05) is 7.05 Å². The highest BCUT2D eigenvalue weighted by Gasteiger charge is 2.24. The zero-order chi connectivity index (χ0) is 21.9. The first-order valence-corrected chi connectivity index (χ1v) is 9.25. The van der Waals surface area contributed by atoms with Crippen LogP contribution >= 0.6 is 0 Å². The summed E-state index contributed by atoms with van der Waals surface area (Å²) in [5, 5.41) is 7.61. The summed E-state index contributed by atoms with van der Waals surface area (Å²) in [6.45, 7) is 16.4. The van der Waals surface area contributed by atoms with Crippen LogP contribution in [-0.4, -0.2) is 48.7 Å². The number of carbonyl (C=O) groups excluding carboxylic acids is 4. The van der Waals surface area contributed by atoms with Gasteiger partial charge in [0.15, 0.2) is 5.78 Å². The molecule has 8 heteroatoms. The lowest BCUT2D eigenvalue weighted by molar-refractivity contribution is -0.132. The van der Waals surface area contributed by atoms with Crippen LogP contribution in [0.3, 0.4) is 0 Å². The Bertz CT molecular complexity index is 401. The Kier molecular flexibility index (Phi) is 25.8. The van der Waals surface area contributed by atoms with E-state index in [0.29, 0.717) is 0 Å². The molecule has 0 saturated heterocycles. The van der Waals surface area contributed by atoms with Gasteiger partial charge in [0.1, 0.15) is 6.04 Å². The van der Waals surface area contributed by atoms with Gasteiger partial charge >= 0.3 is 0 Å². The number of nitrogens with two attached hydrogens (primary N) is 1. The van der Waals surface area contributed by atoms with E-state index in [1.165, 1.54) is 13.8 Å². The number of carbonyl (C=O) groups is 4. The molecule has 0 heterocycles. The fourth-order valence-electron chi connectivity index (χ4n) is 1.33. The summed E-state index contributed by atoms with van der Waals surface area (Å²) in [7, 11) is 1.62. The average molecular weight is 377 g/mol. The van der Waals surface area contributed by atoms with Crippen LogP contribution in [0.1, 0.15) is 68.7 Å². The van der Waals surface area contributed by atoms with Gasteiger partial charge in [0.25, 0.3) is 0 Å². The van der Waals surface area contributed by atoms with Crippen molar-refractivity contribution in [1.29, 1.82) is 0 Å². The van der Waals surface area contributed by atoms with Crippen molar-refractivity contribution < 1.29 is 19.2 Å². The topological polar surface area (TPSA) is 130 Å². The number of likely N-dealkylation sites (N-methyl/N-ethyl adjacent to an activating group) is 1. The molecule has 0 aliphatic heterocycles. The van der Waals surface area contributed by atoms with Crippen molar-refractivity contribution in [3.63, 3.8) is 0 Å². The first-order valence-electron chi connectivity index (χ1n) is 9.25. The lowest BCUT2D eigenvalue weighted by atomic mass is 10.1. The third-order valence-electron chi connectivity index (χ3n) is 2.79. The van der Waals surface area contributed by atoms with E-state index in [1.807, 2.05) is 41.5 Å². The molecule has 0 rings (SSSR count). The van der Waals surface area contributed by atoms with Gasteiger partial charge in [-0.1, -0.05) is 41.5 Å². The fraction of sp³-hybridized carbons (Fsp3) is 0.778. The first-order chi connectivity index (χ1) is 12.2. The van der Waals surface area contributed by atoms with E-state index in [4.69, 9.17) is 5.73 Å². The first kappa shape index (κ1) is 31.8. The normalized spacial score (nSPS) is 12.1. The largest absolute Gasteiger partial charge is 0.370 e. The summed E-state index contributed by atoms with van der Waals surface area (Å²) in [6, 6.07) is -2.24. The van der Waals surface area contributed by atoms with E-state index < -0.39 is 29.9 Å². The maximum Gasteiger partial charge on any atom is 0.242 e. The second-order valence-electron chi connectivity index (χ2n) is 4.58. The predicted molar refractivity (Wildman–Crippen MR) is 107 cm³/mol. The van der Waals surface area contributed by atoms with Crippen LogP contribution in [0.2, 0.25) is 0 Å². The van der Waals surface area contributed by atoms with Crippen LogP contribution in [0, 0.1) is 0 Å². The van der Waals surface area contributed by atoms with Gasteiger partial charge in [-0.3, -0.25) is 19.2 Å². The molecule has 3 amide bonds. The lowest BCUT2D eigenvalue weighted by Crippen LogP contribution is -2.53. The number of hydrogen-bond acceptors (Lipinski definition) is 5. The molecule has 0 bridgehead atoms. The Morgan fingerprint density at radius 1 is 0.808 bits per heavy atom. The zero-order valence-corrected chi connectivity index (χ0v) is 18.1. The van der Waals surface area contributed by atoms with Crippen molar-refractivity contribution in [2.24, 2.45) is 5.73 Å². The molecule has 1 unspecified atom stereocenters. The standard InChI is InChI=1S/C12H22N4O4.3C2H6/c1-6(14-4)11(19)15-7(2)12(20)16-9(8(3)17)5-10(13)18;3*1-2/h6-7,9,14H,5H2,1-4H3,(H2,13,18)(H,15,19)(H,16,20);3*1-2H3/t6?,7-,9-;;;/m0.../s1. The van der Waals surface area contributed by atoms with Crippen LogP contribution in [0.25, 0.3) is 0 Å². The maximum atomic E-state index is 11.8. The van der Waals surface area contributed by atoms with Crippen molar-refractivity contribution in [2.45, 2.75) is 86.9 Å². The highest BCUT2D eigenvalue weighted by atomic mass is 16.2. The number of amides is 3. The molecule has 156 valence electrons. The van der Waals surface area contributed by atoms with E-state index in [2.05, 4.69) is 16.0 Å². The molecule has 0 radical (unpaired) electrons. The monoisotopic (exact) mass is 376 g/mol. The van der Waals surface area contributed by atoms with Gasteiger partial charge in [-0.05, 0) is 27.8 Å². The number of rotatable bonds is 8. The molecule has 0 aromatic heterocycles. The number of hydrogen-bond donors (Lipinski definition) is 4. The van der Waals surface area contributed by atoms with Gasteiger partial charge in [0.2, 0.25) is 17.7 Å². The molecule has 0 fully saturated rings. The third-order valence-corrected chi connectivity index (χ3v) is 2.79. The summed E-state index contributed by atoms with van der Waals surface area (Å²) in [6.07, 6.45) is -0.269. The number of primary amides is 1. The van der Waals surface area contributed by atoms with Crippen LogP contribution in [0.5, 0.6) is 0 Å². The van der Waals surface area contributed by atoms with Crippen LogP contribution < -0.4 is 21.7 Å². The summed E-state index contributed by atoms with van der Waals surface area (Å²) in [5.41, 5.74) is 5.00. The number of Topliss-reactive ketones (excluding diaryl/α,β-unsaturated/α-hetero) is 1. The maximum absolute atomic E-state index is 11.8. The smallest absolute Gasteiger partial charge is 0.242 e. The van der Waals surface area contributed by atoms with Crippen molar-refractivity contribution in [1.82, 2.24) is 16.0 Å². The lowest BCUT2D eigenvalue weighted by Gasteiger charge is -2.20. The summed E-state index contributed by atoms with van der Waals surface area (Å²) >= 11 is 0. The van der Waals surface area contributed by atoms with Gasteiger partial charge in [-0.15, -0.1) is 0 Å². The van der Waals surface area contributed by atoms with Gasteiger partial charge in [0.05, 0.1) is 18.5 Å². The fourth-order valence-corrected chi connectivity index (χ4v) is 1.33. The zero-order valence-electron chi connectivity index (χ0n) is 18.1. The van der Waals surface area contributed by atoms with E-state index in [1.54, 1.807) is 14.0 Å². The highest BCUT2D eigenvalue weighted by Crippen LogP contribution is 1.95. The average Bonchev–Trinajstić information content (AvgIpc) is 2.64. The van der Waals surface area contributed by atoms with Crippen molar-refractivity contribution >= 4 is 23.5 Å². The Labute approximate surface area is 159 Å². The SMILES string of the molecule is CC.CC.CC.CNC(C)C(=O)N[C@@H](C)C(=O)N[C@@H](CC(N)=O)C(C)=O. The molecule has 26 heavy (non-hydrogen) atoms. The van der Waals surface area contributed by atoms with Crippen LogP contribution in [0.4, 0.5) is 0 Å². The molecule has 0 aliphatic rings. The Balaban J connectivity index is -0.000000362. The van der Waals surface area contributed by atoms with E-state index >= 15 is 0 Å². The molecule has 0 spiro atoms. The van der Waals surface area contributed by atoms with Gasteiger partial charge in [-0.2, -0.15) is 0 Å². The second-order valence-corrected chi connectivity index (χ2v) is 4.58. The third kappa shape index (κ3) is 16.9. The molecule has 5 N–H and O–H groups in total. The second kappa shape index (κ2) is 21.1. The minimum absolute atomic E-state index is 0.269. The summed E-state index contributed by atoms with van der Waals surface area (Å²) in [5.74, 6) is -1.96. The Hall–Kier alpha value is -1.96. The molecule has 3 atom stereocenters. The van der Waals surface area contributed by atoms with E-state index in [0.717, 1.165) is 0 Å². The summed E-state index contributed by atoms with van der Waals surface area (Å²) < 4.78 is 0. The van der Waals surface area contributed by atoms with Gasteiger partial charge < -0.3 is 21.7 Å². The van der Waals surface area contributed by atoms with Gasteiger partial charge in [-0.25, -0.2) is 0 Å². The Morgan fingerprint density at radius 2 is 1.19 bits per heavy atom. The van der Waals surface area contributed by atoms with Crippen LogP contribution in [0.15, 0.2) is 0 Å². The quantitative estimate of drug-likeness (QED) is 0.504. The van der Waals surface area contributed by atoms with Crippen molar-refractivity contribution in [3.05, 3.63) is 0 Å². The highest BCUT2D eigenvalue weighted by molar-refractivity contribution is 5.94. The summed E-state index contributed by atoms with van der Waals surface area (Å²) in [4.78, 5) is 45.5. The predicted octanol–water partition coefficient (Wildman–Crippen LogP) is 1.13. The molecule has 8 nitrogen and oxygen atoms in total. The van der Waals surface area contributed by atoms with Crippen LogP contribution in [-0.2, 0) is 19.2 Å². The van der Waals surface area contributed by atoms with Crippen molar-refractivity contribution in [3.8, 4) is 0 Å². The molecule has 0 aromatic rings. The number of ketones is 1. The molecular weight excluding hydrogens is 336 g/mol. The van der Waals surface area contributed by atoms with Gasteiger partial charge in [0, 0.05) is 0 Å². The minimum Gasteiger partial charge on any atom is -0.370 e.